The van der Waals surface area contributed by atoms with E-state index in [1.807, 2.05) is 29.8 Å². The van der Waals surface area contributed by atoms with Gasteiger partial charge in [0, 0.05) is 35.6 Å². The van der Waals surface area contributed by atoms with Crippen LogP contribution in [0.4, 0.5) is 5.69 Å². The molecule has 8 nitrogen and oxygen atoms in total. The van der Waals surface area contributed by atoms with Crippen LogP contribution < -0.4 is 20.1 Å². The summed E-state index contributed by atoms with van der Waals surface area (Å²) in [4.78, 5) is 25.4. The zero-order valence-electron chi connectivity index (χ0n) is 14.1. The Morgan fingerprint density at radius 3 is 2.85 bits per heavy atom. The first-order valence-electron chi connectivity index (χ1n) is 8.22. The molecule has 4 rings (SSSR count). The highest BCUT2D eigenvalue weighted by atomic mass is 32.1. The fourth-order valence-corrected chi connectivity index (χ4v) is 3.52. The minimum absolute atomic E-state index is 0.144. The van der Waals surface area contributed by atoms with E-state index < -0.39 is 11.8 Å². The van der Waals surface area contributed by atoms with E-state index in [-0.39, 0.29) is 19.4 Å². The number of carbonyl (C=O) groups excluding carboxylic acids is 2. The SMILES string of the molecule is O=C(NCC(c1cccs1)n1cccn1)C(=O)Nc1ccc2c(c1)OCO2. The van der Waals surface area contributed by atoms with Crippen molar-refractivity contribution in [3.63, 3.8) is 0 Å². The van der Waals surface area contributed by atoms with Gasteiger partial charge in [-0.1, -0.05) is 6.07 Å². The number of fused-ring (bicyclic) bond motifs is 1. The molecule has 0 fully saturated rings. The van der Waals surface area contributed by atoms with Gasteiger partial charge in [0.1, 0.15) is 6.04 Å². The number of nitrogens with one attached hydrogen (secondary N) is 2. The zero-order chi connectivity index (χ0) is 18.6. The van der Waals surface area contributed by atoms with Crippen molar-refractivity contribution in [1.29, 1.82) is 0 Å². The van der Waals surface area contributed by atoms with Gasteiger partial charge >= 0.3 is 11.8 Å². The van der Waals surface area contributed by atoms with Crippen LogP contribution in [0.5, 0.6) is 11.5 Å². The lowest BCUT2D eigenvalue weighted by Gasteiger charge is -2.17. The van der Waals surface area contributed by atoms with Gasteiger partial charge in [-0.25, -0.2) is 0 Å². The molecule has 0 saturated carbocycles. The third kappa shape index (κ3) is 3.77. The van der Waals surface area contributed by atoms with Gasteiger partial charge in [0.2, 0.25) is 6.79 Å². The Morgan fingerprint density at radius 1 is 1.19 bits per heavy atom. The quantitative estimate of drug-likeness (QED) is 0.657. The Kier molecular flexibility index (Phi) is 4.75. The number of thiophene rings is 1. The van der Waals surface area contributed by atoms with Crippen LogP contribution in [-0.2, 0) is 9.59 Å². The molecule has 0 aliphatic carbocycles. The summed E-state index contributed by atoms with van der Waals surface area (Å²) in [6, 6.07) is 10.5. The molecule has 2 amide bonds. The number of amides is 2. The van der Waals surface area contributed by atoms with Gasteiger partial charge in [0.05, 0.1) is 0 Å². The predicted molar refractivity (Wildman–Crippen MR) is 98.9 cm³/mol. The molecule has 1 aliphatic rings. The van der Waals surface area contributed by atoms with Crippen LogP contribution in [0.2, 0.25) is 0 Å². The van der Waals surface area contributed by atoms with E-state index in [4.69, 9.17) is 9.47 Å². The third-order valence-electron chi connectivity index (χ3n) is 4.01. The van der Waals surface area contributed by atoms with E-state index in [1.54, 1.807) is 40.4 Å². The molecule has 0 radical (unpaired) electrons. The molecule has 0 spiro atoms. The van der Waals surface area contributed by atoms with E-state index in [0.29, 0.717) is 17.2 Å². The average Bonchev–Trinajstić information content (AvgIpc) is 3.43. The van der Waals surface area contributed by atoms with Crippen LogP contribution >= 0.6 is 11.3 Å². The number of anilines is 1. The molecule has 9 heteroatoms. The van der Waals surface area contributed by atoms with Gasteiger partial charge in [-0.15, -0.1) is 11.3 Å². The van der Waals surface area contributed by atoms with E-state index in [1.165, 1.54) is 0 Å². The number of hydrogen-bond donors (Lipinski definition) is 2. The first kappa shape index (κ1) is 17.1. The predicted octanol–water partition coefficient (Wildman–Crippen LogP) is 2.02. The van der Waals surface area contributed by atoms with Crippen molar-refractivity contribution in [2.45, 2.75) is 6.04 Å². The second-order valence-corrected chi connectivity index (χ2v) is 6.73. The fourth-order valence-electron chi connectivity index (χ4n) is 2.70. The Labute approximate surface area is 158 Å². The summed E-state index contributed by atoms with van der Waals surface area (Å²) in [5.41, 5.74) is 0.460. The van der Waals surface area contributed by atoms with Gasteiger partial charge in [-0.2, -0.15) is 5.10 Å². The number of rotatable bonds is 5. The van der Waals surface area contributed by atoms with Crippen LogP contribution in [0.15, 0.2) is 54.2 Å². The molecule has 0 saturated heterocycles. The van der Waals surface area contributed by atoms with Crippen LogP contribution in [-0.4, -0.2) is 34.9 Å². The van der Waals surface area contributed by atoms with E-state index in [0.717, 1.165) is 4.88 Å². The molecule has 2 aromatic heterocycles. The molecular formula is C18H16N4O4S. The molecule has 138 valence electrons. The van der Waals surface area contributed by atoms with Gasteiger partial charge in [-0.3, -0.25) is 14.3 Å². The molecular weight excluding hydrogens is 368 g/mol. The maximum atomic E-state index is 12.2. The summed E-state index contributed by atoms with van der Waals surface area (Å²) in [7, 11) is 0. The van der Waals surface area contributed by atoms with E-state index in [2.05, 4.69) is 15.7 Å². The largest absolute Gasteiger partial charge is 0.454 e. The Bertz CT molecular complexity index is 906. The fraction of sp³-hybridized carbons (Fsp3) is 0.167. The van der Waals surface area contributed by atoms with E-state index in [9.17, 15) is 9.59 Å². The number of nitrogens with zero attached hydrogens (tertiary/aromatic N) is 2. The lowest BCUT2D eigenvalue weighted by Crippen LogP contribution is -2.38. The maximum Gasteiger partial charge on any atom is 0.313 e. The molecule has 27 heavy (non-hydrogen) atoms. The van der Waals surface area contributed by atoms with Gasteiger partial charge < -0.3 is 20.1 Å². The zero-order valence-corrected chi connectivity index (χ0v) is 14.9. The molecule has 1 aliphatic heterocycles. The normalized spacial score (nSPS) is 13.2. The highest BCUT2D eigenvalue weighted by molar-refractivity contribution is 7.10. The summed E-state index contributed by atoms with van der Waals surface area (Å²) in [5.74, 6) is -0.333. The van der Waals surface area contributed by atoms with Crippen molar-refractivity contribution in [2.75, 3.05) is 18.7 Å². The second kappa shape index (κ2) is 7.50. The van der Waals surface area contributed by atoms with Crippen molar-refractivity contribution >= 4 is 28.8 Å². The van der Waals surface area contributed by atoms with Crippen LogP contribution in [0.1, 0.15) is 10.9 Å². The second-order valence-electron chi connectivity index (χ2n) is 5.75. The summed E-state index contributed by atoms with van der Waals surface area (Å²) >= 11 is 1.56. The summed E-state index contributed by atoms with van der Waals surface area (Å²) < 4.78 is 12.2. The first-order chi connectivity index (χ1) is 13.2. The van der Waals surface area contributed by atoms with Crippen LogP contribution in [0.3, 0.4) is 0 Å². The van der Waals surface area contributed by atoms with Crippen molar-refractivity contribution in [2.24, 2.45) is 0 Å². The first-order valence-corrected chi connectivity index (χ1v) is 9.10. The Hall–Kier alpha value is -3.33. The lowest BCUT2D eigenvalue weighted by molar-refractivity contribution is -0.136. The number of hydrogen-bond acceptors (Lipinski definition) is 6. The summed E-state index contributed by atoms with van der Waals surface area (Å²) in [6.45, 7) is 0.389. The smallest absolute Gasteiger partial charge is 0.313 e. The highest BCUT2D eigenvalue weighted by Crippen LogP contribution is 2.34. The topological polar surface area (TPSA) is 94.5 Å². The number of carbonyl (C=O) groups is 2. The summed E-state index contributed by atoms with van der Waals surface area (Å²) in [5, 5.41) is 11.4. The lowest BCUT2D eigenvalue weighted by atomic mass is 10.2. The Balaban J connectivity index is 1.38. The molecule has 3 heterocycles. The maximum absolute atomic E-state index is 12.2. The highest BCUT2D eigenvalue weighted by Gasteiger charge is 2.20. The monoisotopic (exact) mass is 384 g/mol. The third-order valence-corrected chi connectivity index (χ3v) is 4.98. The molecule has 0 bridgehead atoms. The standard InChI is InChI=1S/C18H16N4O4S/c23-17(18(24)21-12-4-5-14-15(9-12)26-11-25-14)19-10-13(16-3-1-8-27-16)22-7-2-6-20-22/h1-9,13H,10-11H2,(H,19,23)(H,21,24). The number of aromatic nitrogens is 2. The van der Waals surface area contributed by atoms with Gasteiger partial charge in [0.15, 0.2) is 11.5 Å². The van der Waals surface area contributed by atoms with Crippen LogP contribution in [0.25, 0.3) is 0 Å². The van der Waals surface area contributed by atoms with Crippen LogP contribution in [0, 0.1) is 0 Å². The molecule has 1 unspecified atom stereocenters. The Morgan fingerprint density at radius 2 is 2.07 bits per heavy atom. The average molecular weight is 384 g/mol. The van der Waals surface area contributed by atoms with Gasteiger partial charge in [-0.05, 0) is 29.6 Å². The number of benzene rings is 1. The van der Waals surface area contributed by atoms with Crippen molar-refractivity contribution in [3.05, 3.63) is 59.0 Å². The summed E-state index contributed by atoms with van der Waals surface area (Å²) in [6.07, 6.45) is 3.50. The molecule has 1 aromatic carbocycles. The molecule has 3 aromatic rings. The van der Waals surface area contributed by atoms with Crippen molar-refractivity contribution < 1.29 is 19.1 Å². The van der Waals surface area contributed by atoms with Crippen molar-refractivity contribution in [1.82, 2.24) is 15.1 Å². The van der Waals surface area contributed by atoms with E-state index >= 15 is 0 Å². The minimum atomic E-state index is -0.751. The number of ether oxygens (including phenoxy) is 2. The minimum Gasteiger partial charge on any atom is -0.454 e. The molecule has 2 N–H and O–H groups in total. The van der Waals surface area contributed by atoms with Gasteiger partial charge in [0.25, 0.3) is 0 Å². The van der Waals surface area contributed by atoms with Crippen molar-refractivity contribution in [3.8, 4) is 11.5 Å². The molecule has 1 atom stereocenters.